The molecule has 0 saturated heterocycles. The topological polar surface area (TPSA) is 75.6 Å². The van der Waals surface area contributed by atoms with Crippen molar-refractivity contribution < 1.29 is 19.4 Å². The van der Waals surface area contributed by atoms with Gasteiger partial charge in [-0.3, -0.25) is 9.59 Å². The summed E-state index contributed by atoms with van der Waals surface area (Å²) in [5.41, 5.74) is 0. The highest BCUT2D eigenvalue weighted by Crippen LogP contribution is 1.83. The Morgan fingerprint density at radius 3 is 2.67 bits per heavy atom. The highest BCUT2D eigenvalue weighted by Gasteiger charge is 2.02. The maximum Gasteiger partial charge on any atom is 0.307 e. The van der Waals surface area contributed by atoms with E-state index in [1.807, 2.05) is 0 Å². The number of aliphatic hydroxyl groups excluding tert-OH is 1. The lowest BCUT2D eigenvalue weighted by Crippen LogP contribution is -2.28. The fourth-order valence-corrected chi connectivity index (χ4v) is 0.593. The van der Waals surface area contributed by atoms with Crippen LogP contribution in [-0.4, -0.2) is 36.7 Å². The van der Waals surface area contributed by atoms with Gasteiger partial charge in [0.1, 0.15) is 6.61 Å². The molecule has 0 fully saturated rings. The van der Waals surface area contributed by atoms with Crippen LogP contribution in [0.15, 0.2) is 0 Å². The molecule has 0 aliphatic rings. The molecule has 12 heavy (non-hydrogen) atoms. The Balaban J connectivity index is 3.30. The summed E-state index contributed by atoms with van der Waals surface area (Å²) in [5.74, 6) is -0.838. The zero-order valence-corrected chi connectivity index (χ0v) is 7.00. The minimum Gasteiger partial charge on any atom is -0.466 e. The van der Waals surface area contributed by atoms with E-state index in [0.29, 0.717) is 6.61 Å². The Morgan fingerprint density at radius 1 is 1.50 bits per heavy atom. The molecule has 0 bridgehead atoms. The molecule has 2 N–H and O–H groups in total. The summed E-state index contributed by atoms with van der Waals surface area (Å²) in [6, 6.07) is 0. The van der Waals surface area contributed by atoms with Crippen molar-refractivity contribution in [2.24, 2.45) is 0 Å². The Hall–Kier alpha value is -1.10. The second-order valence-electron chi connectivity index (χ2n) is 2.06. The van der Waals surface area contributed by atoms with Crippen LogP contribution in [0.2, 0.25) is 0 Å². The predicted molar refractivity (Wildman–Crippen MR) is 41.3 cm³/mol. The lowest BCUT2D eigenvalue weighted by Gasteiger charge is -2.02. The van der Waals surface area contributed by atoms with E-state index in [1.165, 1.54) is 0 Å². The second-order valence-corrected chi connectivity index (χ2v) is 2.06. The van der Waals surface area contributed by atoms with Gasteiger partial charge in [-0.1, -0.05) is 0 Å². The van der Waals surface area contributed by atoms with E-state index in [2.05, 4.69) is 10.1 Å². The molecule has 0 radical (unpaired) electrons. The van der Waals surface area contributed by atoms with Crippen LogP contribution in [0.4, 0.5) is 0 Å². The third-order valence-electron chi connectivity index (χ3n) is 1.10. The lowest BCUT2D eigenvalue weighted by molar-refractivity contribution is -0.143. The molecule has 0 aromatic carbocycles. The number of hydrogen-bond donors (Lipinski definition) is 2. The summed E-state index contributed by atoms with van der Waals surface area (Å²) < 4.78 is 4.60. The van der Waals surface area contributed by atoms with E-state index >= 15 is 0 Å². The van der Waals surface area contributed by atoms with Gasteiger partial charge < -0.3 is 15.2 Å². The zero-order valence-electron chi connectivity index (χ0n) is 7.00. The van der Waals surface area contributed by atoms with Gasteiger partial charge in [0.15, 0.2) is 0 Å². The first-order valence-corrected chi connectivity index (χ1v) is 3.74. The summed E-state index contributed by atoms with van der Waals surface area (Å²) in [5, 5.41) is 10.6. The van der Waals surface area contributed by atoms with Gasteiger partial charge in [0.25, 0.3) is 0 Å². The molecule has 0 heterocycles. The number of aliphatic hydroxyl groups is 1. The fourth-order valence-electron chi connectivity index (χ4n) is 0.593. The van der Waals surface area contributed by atoms with Crippen molar-refractivity contribution >= 4 is 11.9 Å². The van der Waals surface area contributed by atoms with Gasteiger partial charge in [0, 0.05) is 6.54 Å². The van der Waals surface area contributed by atoms with Crippen LogP contribution in [0.3, 0.4) is 0 Å². The van der Waals surface area contributed by atoms with Crippen molar-refractivity contribution in [1.82, 2.24) is 5.32 Å². The molecule has 0 saturated carbocycles. The number of carbonyl (C=O) groups is 2. The summed E-state index contributed by atoms with van der Waals surface area (Å²) in [7, 11) is 0. The molecule has 0 aromatic rings. The number of esters is 1. The molecule has 0 aliphatic heterocycles. The Morgan fingerprint density at radius 2 is 2.17 bits per heavy atom. The van der Waals surface area contributed by atoms with Gasteiger partial charge in [-0.15, -0.1) is 0 Å². The number of nitrogens with one attached hydrogen (secondary N) is 1. The number of hydrogen-bond acceptors (Lipinski definition) is 4. The molecule has 0 atom stereocenters. The van der Waals surface area contributed by atoms with Gasteiger partial charge in [-0.05, 0) is 6.92 Å². The third-order valence-corrected chi connectivity index (χ3v) is 1.10. The van der Waals surface area contributed by atoms with Crippen molar-refractivity contribution in [3.05, 3.63) is 0 Å². The minimum absolute atomic E-state index is 0.138. The monoisotopic (exact) mass is 175 g/mol. The summed E-state index contributed by atoms with van der Waals surface area (Å²) in [6.07, 6.45) is 0.138. The fraction of sp³-hybridized carbons (Fsp3) is 0.714. The van der Waals surface area contributed by atoms with E-state index in [0.717, 1.165) is 0 Å². The Kier molecular flexibility index (Phi) is 6.00. The van der Waals surface area contributed by atoms with E-state index < -0.39 is 12.5 Å². The molecule has 70 valence electrons. The minimum atomic E-state index is -0.553. The zero-order chi connectivity index (χ0) is 9.40. The van der Waals surface area contributed by atoms with E-state index in [9.17, 15) is 9.59 Å². The molecule has 0 rings (SSSR count). The summed E-state index contributed by atoms with van der Waals surface area (Å²) >= 11 is 0. The molecular formula is C7H13NO4. The van der Waals surface area contributed by atoms with Gasteiger partial charge in [0.05, 0.1) is 13.0 Å². The van der Waals surface area contributed by atoms with Crippen molar-refractivity contribution in [3.8, 4) is 0 Å². The maximum atomic E-state index is 10.7. The highest BCUT2D eigenvalue weighted by molar-refractivity contribution is 5.77. The first-order chi connectivity index (χ1) is 5.70. The average molecular weight is 175 g/mol. The van der Waals surface area contributed by atoms with Crippen LogP contribution in [0.1, 0.15) is 13.3 Å². The van der Waals surface area contributed by atoms with Crippen molar-refractivity contribution in [3.63, 3.8) is 0 Å². The normalized spacial score (nSPS) is 9.17. The molecule has 1 amide bonds. The quantitative estimate of drug-likeness (QED) is 0.528. The SMILES string of the molecule is CCOC(=O)CCNC(=O)CO. The Bertz CT molecular complexity index is 157. The molecule has 0 aliphatic carbocycles. The van der Waals surface area contributed by atoms with Gasteiger partial charge in [0.2, 0.25) is 5.91 Å². The maximum absolute atomic E-state index is 10.7. The molecule has 0 unspecified atom stereocenters. The number of carbonyl (C=O) groups excluding carboxylic acids is 2. The predicted octanol–water partition coefficient (Wildman–Crippen LogP) is -0.952. The summed E-state index contributed by atoms with van der Waals surface area (Å²) in [4.78, 5) is 21.1. The largest absolute Gasteiger partial charge is 0.466 e. The second kappa shape index (κ2) is 6.60. The van der Waals surface area contributed by atoms with Gasteiger partial charge in [-0.25, -0.2) is 0 Å². The van der Waals surface area contributed by atoms with Crippen LogP contribution in [-0.2, 0) is 14.3 Å². The first kappa shape index (κ1) is 10.9. The molecule has 5 nitrogen and oxygen atoms in total. The summed E-state index contributed by atoms with van der Waals surface area (Å²) in [6.45, 7) is 1.71. The van der Waals surface area contributed by atoms with Crippen LogP contribution in [0, 0.1) is 0 Å². The molecule has 0 spiro atoms. The number of ether oxygens (including phenoxy) is 1. The van der Waals surface area contributed by atoms with Crippen molar-refractivity contribution in [1.29, 1.82) is 0 Å². The van der Waals surface area contributed by atoms with E-state index in [-0.39, 0.29) is 18.9 Å². The van der Waals surface area contributed by atoms with Crippen LogP contribution < -0.4 is 5.32 Å². The lowest BCUT2D eigenvalue weighted by atomic mass is 10.4. The van der Waals surface area contributed by atoms with Gasteiger partial charge in [-0.2, -0.15) is 0 Å². The number of rotatable bonds is 5. The highest BCUT2D eigenvalue weighted by atomic mass is 16.5. The van der Waals surface area contributed by atoms with E-state index in [1.54, 1.807) is 6.92 Å². The molecular weight excluding hydrogens is 162 g/mol. The average Bonchev–Trinajstić information content (AvgIpc) is 2.04. The van der Waals surface area contributed by atoms with E-state index in [4.69, 9.17) is 5.11 Å². The molecule has 0 aromatic heterocycles. The van der Waals surface area contributed by atoms with Crippen LogP contribution in [0.25, 0.3) is 0 Å². The van der Waals surface area contributed by atoms with Crippen molar-refractivity contribution in [2.45, 2.75) is 13.3 Å². The number of amides is 1. The van der Waals surface area contributed by atoms with Crippen LogP contribution in [0.5, 0.6) is 0 Å². The molecule has 5 heteroatoms. The first-order valence-electron chi connectivity index (χ1n) is 3.74. The van der Waals surface area contributed by atoms with Gasteiger partial charge >= 0.3 is 5.97 Å². The smallest absolute Gasteiger partial charge is 0.307 e. The standard InChI is InChI=1S/C7H13NO4/c1-2-12-7(11)3-4-8-6(10)5-9/h9H,2-5H2,1H3,(H,8,10). The Labute approximate surface area is 70.7 Å². The van der Waals surface area contributed by atoms with Crippen molar-refractivity contribution in [2.75, 3.05) is 19.8 Å². The van der Waals surface area contributed by atoms with Crippen LogP contribution >= 0.6 is 0 Å². The third kappa shape index (κ3) is 5.67.